The van der Waals surface area contributed by atoms with E-state index in [1.807, 2.05) is 0 Å². The first-order valence-corrected chi connectivity index (χ1v) is 11.2. The number of rotatable bonds is 13. The molecule has 134 valence electrons. The van der Waals surface area contributed by atoms with Crippen molar-refractivity contribution in [1.29, 1.82) is 0 Å². The maximum absolute atomic E-state index is 11.1. The quantitative estimate of drug-likeness (QED) is 0.157. The fourth-order valence-electron chi connectivity index (χ4n) is 2.37. The van der Waals surface area contributed by atoms with E-state index < -0.39 is 26.5 Å². The molecule has 0 aliphatic rings. The van der Waals surface area contributed by atoms with Gasteiger partial charge < -0.3 is 28.7 Å². The smallest absolute Gasteiger partial charge is 0.810 e. The van der Waals surface area contributed by atoms with E-state index >= 15 is 0 Å². The summed E-state index contributed by atoms with van der Waals surface area (Å²) in [5.41, 5.74) is 0. The van der Waals surface area contributed by atoms with Gasteiger partial charge in [0.15, 0.2) is 0 Å². The molecular weight excluding hydrogens is 418 g/mol. The van der Waals surface area contributed by atoms with Crippen LogP contribution < -0.4 is 138 Å². The van der Waals surface area contributed by atoms with Crippen LogP contribution in [0.15, 0.2) is 0 Å². The van der Waals surface area contributed by atoms with Gasteiger partial charge in [-0.05, 0) is 6.42 Å². The zero-order valence-electron chi connectivity index (χ0n) is 17.6. The third-order valence-electron chi connectivity index (χ3n) is 4.18. The first-order chi connectivity index (χ1) is 10.1. The number of unbranched alkanes of at least 4 members (excludes halogenated alkanes) is 9. The molecule has 0 aliphatic heterocycles. The van der Waals surface area contributed by atoms with Crippen molar-refractivity contribution in [1.82, 2.24) is 0 Å². The molecule has 0 heterocycles. The summed E-state index contributed by atoms with van der Waals surface area (Å²) < 4.78 is 22.2. The predicted molar refractivity (Wildman–Crippen MR) is 80.1 cm³/mol. The second-order valence-electron chi connectivity index (χ2n) is 6.14. The average Bonchev–Trinajstić information content (AvgIpc) is 2.38. The van der Waals surface area contributed by atoms with Gasteiger partial charge in [-0.1, -0.05) is 93.2 Å². The molecule has 0 amide bonds. The Labute approximate surface area is 247 Å². The Hall–Kier alpha value is 4.30. The summed E-state index contributed by atoms with van der Waals surface area (Å²) in [5.74, 6) is 0. The Morgan fingerprint density at radius 1 is 0.615 bits per heavy atom. The van der Waals surface area contributed by atoms with Crippen molar-refractivity contribution in [2.75, 3.05) is 0 Å². The van der Waals surface area contributed by atoms with Crippen molar-refractivity contribution in [3.8, 4) is 0 Å². The van der Waals surface area contributed by atoms with Crippen LogP contribution >= 0.6 is 15.2 Å². The molecule has 0 atom stereocenters. The van der Waals surface area contributed by atoms with Gasteiger partial charge in [0.1, 0.15) is 0 Å². The van der Waals surface area contributed by atoms with Crippen LogP contribution in [0, 0.1) is 0 Å². The third-order valence-corrected chi connectivity index (χ3v) is 8.46. The molecule has 0 aromatic heterocycles. The van der Waals surface area contributed by atoms with Crippen LogP contribution in [-0.2, 0) is 9.13 Å². The van der Waals surface area contributed by atoms with E-state index in [1.54, 1.807) is 0 Å². The molecule has 6 nitrogen and oxygen atoms in total. The summed E-state index contributed by atoms with van der Waals surface area (Å²) in [4.78, 5) is 41.7. The van der Waals surface area contributed by atoms with Crippen molar-refractivity contribution in [3.63, 3.8) is 0 Å². The van der Waals surface area contributed by atoms with Crippen LogP contribution in [-0.4, -0.2) is 4.90 Å². The predicted octanol–water partition coefficient (Wildman–Crippen LogP) is -10.1. The van der Waals surface area contributed by atoms with Gasteiger partial charge in [-0.25, -0.2) is 0 Å². The topological polar surface area (TPSA) is 126 Å². The van der Waals surface area contributed by atoms with Crippen LogP contribution in [0.4, 0.5) is 0 Å². The third kappa shape index (κ3) is 16.9. The van der Waals surface area contributed by atoms with Crippen molar-refractivity contribution < 1.29 is 147 Å². The minimum atomic E-state index is -5.47. The van der Waals surface area contributed by atoms with E-state index in [-0.39, 0.29) is 125 Å². The molecule has 0 spiro atoms. The number of hydrogen-bond acceptors (Lipinski definition) is 6. The molecule has 0 aromatic carbocycles. The van der Waals surface area contributed by atoms with Gasteiger partial charge >= 0.3 is 118 Å². The monoisotopic (exact) mass is 446 g/mol. The van der Waals surface area contributed by atoms with E-state index in [0.717, 1.165) is 26.2 Å². The summed E-state index contributed by atoms with van der Waals surface area (Å²) in [6.07, 6.45) is 9.55. The Balaban J connectivity index is -0.000000367. The van der Waals surface area contributed by atoms with E-state index in [2.05, 4.69) is 6.92 Å². The standard InChI is InChI=1S/C14H32O6P2.4Na/c1-3-4-5-6-7-8-9-10-11-12-13-14(2,21(15,16)17)22(18,19)20;;;;/h3-13H2,1-2H3,(H2,15,16,17)(H2,18,19,20);;;;/q;4*+1/p-4. The van der Waals surface area contributed by atoms with Crippen LogP contribution in [0.1, 0.15) is 84.5 Å². The first kappa shape index (κ1) is 40.6. The molecule has 0 saturated heterocycles. The van der Waals surface area contributed by atoms with E-state index in [0.29, 0.717) is 6.42 Å². The number of hydrogen-bond donors (Lipinski definition) is 0. The van der Waals surface area contributed by atoms with Crippen molar-refractivity contribution in [2.24, 2.45) is 0 Å². The molecule has 0 saturated carbocycles. The molecule has 0 radical (unpaired) electrons. The summed E-state index contributed by atoms with van der Waals surface area (Å²) in [5, 5.41) is 0. The Morgan fingerprint density at radius 3 is 1.15 bits per heavy atom. The van der Waals surface area contributed by atoms with Crippen LogP contribution in [0.25, 0.3) is 0 Å². The van der Waals surface area contributed by atoms with Crippen molar-refractivity contribution in [2.45, 2.75) is 89.4 Å². The normalized spacial score (nSPS) is 11.5. The van der Waals surface area contributed by atoms with Gasteiger partial charge in [-0.3, -0.25) is 0 Å². The van der Waals surface area contributed by atoms with Crippen molar-refractivity contribution in [3.05, 3.63) is 0 Å². The van der Waals surface area contributed by atoms with Crippen LogP contribution in [0.3, 0.4) is 0 Å². The van der Waals surface area contributed by atoms with Gasteiger partial charge in [0.05, 0.1) is 0 Å². The minimum Gasteiger partial charge on any atom is -0.810 e. The molecule has 26 heavy (non-hydrogen) atoms. The van der Waals surface area contributed by atoms with Crippen LogP contribution in [0.2, 0.25) is 0 Å². The molecular formula is C14H28Na4O6P2. The zero-order valence-corrected chi connectivity index (χ0v) is 27.4. The molecule has 0 aromatic rings. The molecule has 0 unspecified atom stereocenters. The maximum atomic E-state index is 11.1. The van der Waals surface area contributed by atoms with E-state index in [1.165, 1.54) is 32.1 Å². The summed E-state index contributed by atoms with van der Waals surface area (Å²) in [6, 6.07) is 0. The minimum absolute atomic E-state index is 0. The fraction of sp³-hybridized carbons (Fsp3) is 1.00. The molecule has 12 heteroatoms. The Kier molecular flexibility index (Phi) is 33.1. The Morgan fingerprint density at radius 2 is 0.885 bits per heavy atom. The molecule has 0 bridgehead atoms. The molecule has 0 rings (SSSR count). The van der Waals surface area contributed by atoms with Gasteiger partial charge in [0, 0.05) is 4.90 Å². The zero-order chi connectivity index (χ0) is 17.3. The van der Waals surface area contributed by atoms with Crippen molar-refractivity contribution >= 4 is 15.2 Å². The molecule has 0 N–H and O–H groups in total. The second kappa shape index (κ2) is 21.2. The Bertz CT molecular complexity index is 381. The van der Waals surface area contributed by atoms with Crippen LogP contribution in [0.5, 0.6) is 0 Å². The van der Waals surface area contributed by atoms with Gasteiger partial charge in [-0.2, -0.15) is 0 Å². The van der Waals surface area contributed by atoms with E-state index in [4.69, 9.17) is 0 Å². The van der Waals surface area contributed by atoms with Gasteiger partial charge in [-0.15, -0.1) is 0 Å². The summed E-state index contributed by atoms with van der Waals surface area (Å²) in [7, 11) is -10.9. The van der Waals surface area contributed by atoms with E-state index in [9.17, 15) is 28.7 Å². The average molecular weight is 446 g/mol. The maximum Gasteiger partial charge on any atom is 1.00 e. The SMILES string of the molecule is CCCCCCCCCCCCC(C)(P(=O)([O-])[O-])P(=O)([O-])[O-].[Na+].[Na+].[Na+].[Na+]. The molecule has 0 fully saturated rings. The fourth-order valence-corrected chi connectivity index (χ4v) is 4.44. The van der Waals surface area contributed by atoms with Gasteiger partial charge in [0.25, 0.3) is 0 Å². The molecule has 0 aliphatic carbocycles. The summed E-state index contributed by atoms with van der Waals surface area (Å²) >= 11 is 0. The largest absolute Gasteiger partial charge is 1.00 e. The first-order valence-electron chi connectivity index (χ1n) is 8.10. The summed E-state index contributed by atoms with van der Waals surface area (Å²) in [6.45, 7) is 2.90. The second-order valence-corrected chi connectivity index (χ2v) is 10.5. The van der Waals surface area contributed by atoms with Gasteiger partial charge in [0.2, 0.25) is 0 Å².